The maximum Gasteiger partial charge on any atom is 0.191 e. The minimum absolute atomic E-state index is 0.0712. The van der Waals surface area contributed by atoms with E-state index in [0.717, 1.165) is 19.0 Å². The summed E-state index contributed by atoms with van der Waals surface area (Å²) in [7, 11) is 2.03. The Morgan fingerprint density at radius 1 is 1.15 bits per heavy atom. The van der Waals surface area contributed by atoms with Gasteiger partial charge in [0.25, 0.3) is 0 Å². The van der Waals surface area contributed by atoms with Crippen LogP contribution in [0.5, 0.6) is 0 Å². The second kappa shape index (κ2) is 9.43. The molecule has 26 heavy (non-hydrogen) atoms. The molecule has 0 amide bonds. The van der Waals surface area contributed by atoms with Crippen LogP contribution in [-0.2, 0) is 13.6 Å². The summed E-state index contributed by atoms with van der Waals surface area (Å²) in [5, 5.41) is 10.5. The molecule has 0 aliphatic carbocycles. The Bertz CT molecular complexity index is 687. The molecule has 1 atom stereocenters. The van der Waals surface area contributed by atoms with Crippen molar-refractivity contribution in [2.45, 2.75) is 45.8 Å². The largest absolute Gasteiger partial charge is 0.357 e. The molecule has 0 fully saturated rings. The summed E-state index contributed by atoms with van der Waals surface area (Å²) >= 11 is 0. The quantitative estimate of drug-likeness (QED) is 0.503. The van der Waals surface area contributed by atoms with Gasteiger partial charge in [-0.05, 0) is 44.9 Å². The lowest BCUT2D eigenvalue weighted by molar-refractivity contribution is 0.345. The van der Waals surface area contributed by atoms with Crippen molar-refractivity contribution in [3.8, 4) is 0 Å². The van der Waals surface area contributed by atoms with Gasteiger partial charge in [0.1, 0.15) is 0 Å². The summed E-state index contributed by atoms with van der Waals surface area (Å²) in [6.45, 7) is 11.0. The minimum Gasteiger partial charge on any atom is -0.357 e. The van der Waals surface area contributed by atoms with Crippen LogP contribution in [0.1, 0.15) is 44.9 Å². The molecule has 0 saturated heterocycles. The predicted molar refractivity (Wildman–Crippen MR) is 110 cm³/mol. The fraction of sp³-hybridized carbons (Fsp3) is 0.476. The summed E-state index contributed by atoms with van der Waals surface area (Å²) in [5.74, 6) is 0.846. The predicted octanol–water partition coefficient (Wildman–Crippen LogP) is 3.21. The maximum atomic E-state index is 4.69. The summed E-state index contributed by atoms with van der Waals surface area (Å²) in [5.41, 5.74) is 2.43. The molecule has 1 heterocycles. The molecule has 0 aliphatic heterocycles. The van der Waals surface area contributed by atoms with E-state index in [0.29, 0.717) is 6.54 Å². The highest BCUT2D eigenvalue weighted by molar-refractivity contribution is 5.79. The van der Waals surface area contributed by atoms with Gasteiger partial charge in [-0.1, -0.05) is 30.3 Å². The normalized spacial score (nSPS) is 13.5. The Labute approximate surface area is 157 Å². The number of nitrogens with zero attached hydrogens (tertiary/aromatic N) is 2. The van der Waals surface area contributed by atoms with Gasteiger partial charge in [-0.15, -0.1) is 0 Å². The molecular weight excluding hydrogens is 322 g/mol. The number of benzene rings is 1. The van der Waals surface area contributed by atoms with Crippen molar-refractivity contribution in [1.82, 2.24) is 20.5 Å². The lowest BCUT2D eigenvalue weighted by atomic mass is 10.0. The first-order valence-corrected chi connectivity index (χ1v) is 9.35. The Kier molecular flexibility index (Phi) is 7.27. The second-order valence-corrected chi connectivity index (χ2v) is 7.39. The number of aromatic nitrogens is 1. The highest BCUT2D eigenvalue weighted by atomic mass is 15.2. The number of guanidine groups is 1. The molecule has 0 aliphatic rings. The van der Waals surface area contributed by atoms with E-state index in [2.05, 4.69) is 86.2 Å². The third-order valence-corrected chi connectivity index (χ3v) is 4.26. The Balaban J connectivity index is 1.91. The lowest BCUT2D eigenvalue weighted by Gasteiger charge is -2.31. The SMILES string of the molecule is CCNC(=NCc1ccn(C)c1)NCC(C)(C)NC(C)c1ccccc1. The van der Waals surface area contributed by atoms with Gasteiger partial charge >= 0.3 is 0 Å². The van der Waals surface area contributed by atoms with Crippen molar-refractivity contribution in [2.24, 2.45) is 12.0 Å². The van der Waals surface area contributed by atoms with Crippen LogP contribution >= 0.6 is 0 Å². The third kappa shape index (κ3) is 6.56. The van der Waals surface area contributed by atoms with Crippen LogP contribution in [0.2, 0.25) is 0 Å². The van der Waals surface area contributed by atoms with Crippen LogP contribution in [0.25, 0.3) is 0 Å². The van der Waals surface area contributed by atoms with Gasteiger partial charge in [0.2, 0.25) is 0 Å². The maximum absolute atomic E-state index is 4.69. The second-order valence-electron chi connectivity index (χ2n) is 7.39. The third-order valence-electron chi connectivity index (χ3n) is 4.26. The van der Waals surface area contributed by atoms with Crippen LogP contribution in [-0.4, -0.2) is 29.2 Å². The van der Waals surface area contributed by atoms with E-state index in [-0.39, 0.29) is 11.6 Å². The zero-order chi connectivity index (χ0) is 19.0. The van der Waals surface area contributed by atoms with Gasteiger partial charge in [-0.2, -0.15) is 0 Å². The molecule has 2 rings (SSSR count). The molecule has 2 aromatic rings. The Morgan fingerprint density at radius 2 is 1.88 bits per heavy atom. The minimum atomic E-state index is -0.0712. The van der Waals surface area contributed by atoms with Gasteiger partial charge in [0, 0.05) is 44.1 Å². The van der Waals surface area contributed by atoms with Crippen LogP contribution in [0, 0.1) is 0 Å². The van der Waals surface area contributed by atoms with Crippen molar-refractivity contribution in [1.29, 1.82) is 0 Å². The average Bonchev–Trinajstić information content (AvgIpc) is 3.03. The van der Waals surface area contributed by atoms with E-state index in [1.807, 2.05) is 17.8 Å². The first-order valence-electron chi connectivity index (χ1n) is 9.35. The fourth-order valence-electron chi connectivity index (χ4n) is 2.93. The number of aryl methyl sites for hydroxylation is 1. The van der Waals surface area contributed by atoms with Gasteiger partial charge in [0.05, 0.1) is 6.54 Å². The van der Waals surface area contributed by atoms with Crippen LogP contribution in [0.15, 0.2) is 53.8 Å². The van der Waals surface area contributed by atoms with Gasteiger partial charge in [0.15, 0.2) is 5.96 Å². The van der Waals surface area contributed by atoms with Crippen molar-refractivity contribution < 1.29 is 0 Å². The lowest BCUT2D eigenvalue weighted by Crippen LogP contribution is -2.52. The summed E-state index contributed by atoms with van der Waals surface area (Å²) in [4.78, 5) is 4.69. The van der Waals surface area contributed by atoms with Crippen LogP contribution in [0.4, 0.5) is 0 Å². The molecule has 142 valence electrons. The van der Waals surface area contributed by atoms with Crippen LogP contribution < -0.4 is 16.0 Å². The molecular formula is C21H33N5. The molecule has 3 N–H and O–H groups in total. The molecule has 0 bridgehead atoms. The van der Waals surface area contributed by atoms with E-state index in [1.54, 1.807) is 0 Å². The van der Waals surface area contributed by atoms with Gasteiger partial charge in [-0.25, -0.2) is 4.99 Å². The van der Waals surface area contributed by atoms with E-state index in [9.17, 15) is 0 Å². The van der Waals surface area contributed by atoms with E-state index >= 15 is 0 Å². The zero-order valence-corrected chi connectivity index (χ0v) is 16.7. The smallest absolute Gasteiger partial charge is 0.191 e. The number of nitrogens with one attached hydrogen (secondary N) is 3. The highest BCUT2D eigenvalue weighted by Crippen LogP contribution is 2.15. The topological polar surface area (TPSA) is 53.4 Å². The number of aliphatic imine (C=N–C) groups is 1. The van der Waals surface area contributed by atoms with Crippen LogP contribution in [0.3, 0.4) is 0 Å². The molecule has 1 unspecified atom stereocenters. The molecule has 5 nitrogen and oxygen atoms in total. The van der Waals surface area contributed by atoms with E-state index in [4.69, 9.17) is 4.99 Å². The molecule has 5 heteroatoms. The molecule has 0 saturated carbocycles. The Morgan fingerprint density at radius 3 is 2.50 bits per heavy atom. The standard InChI is InChI=1S/C21H33N5/c1-6-22-20(23-14-18-12-13-26(5)15-18)24-16-21(3,4)25-17(2)19-10-8-7-9-11-19/h7-13,15,17,25H,6,14,16H2,1-5H3,(H2,22,23,24). The summed E-state index contributed by atoms with van der Waals surface area (Å²) in [6.07, 6.45) is 4.14. The monoisotopic (exact) mass is 355 g/mol. The average molecular weight is 356 g/mol. The van der Waals surface area contributed by atoms with E-state index in [1.165, 1.54) is 11.1 Å². The Hall–Kier alpha value is -2.27. The number of hydrogen-bond acceptors (Lipinski definition) is 2. The molecule has 1 aromatic heterocycles. The number of hydrogen-bond donors (Lipinski definition) is 3. The molecule has 0 spiro atoms. The van der Waals surface area contributed by atoms with Crippen molar-refractivity contribution in [3.05, 3.63) is 59.9 Å². The van der Waals surface area contributed by atoms with Crippen molar-refractivity contribution >= 4 is 5.96 Å². The first kappa shape index (κ1) is 20.0. The zero-order valence-electron chi connectivity index (χ0n) is 16.7. The van der Waals surface area contributed by atoms with Crippen molar-refractivity contribution in [3.63, 3.8) is 0 Å². The van der Waals surface area contributed by atoms with Gasteiger partial charge in [-0.3, -0.25) is 0 Å². The van der Waals surface area contributed by atoms with Gasteiger partial charge < -0.3 is 20.5 Å². The molecule has 0 radical (unpaired) electrons. The van der Waals surface area contributed by atoms with Crippen molar-refractivity contribution in [2.75, 3.05) is 13.1 Å². The summed E-state index contributed by atoms with van der Waals surface area (Å²) in [6, 6.07) is 12.9. The van der Waals surface area contributed by atoms with E-state index < -0.39 is 0 Å². The fourth-order valence-corrected chi connectivity index (χ4v) is 2.93. The molecule has 1 aromatic carbocycles. The summed E-state index contributed by atoms with van der Waals surface area (Å²) < 4.78 is 2.04. The first-order chi connectivity index (χ1) is 12.4. The highest BCUT2D eigenvalue weighted by Gasteiger charge is 2.21. The number of rotatable bonds is 8.